The highest BCUT2D eigenvalue weighted by Gasteiger charge is 2.50. The average molecular weight is 283 g/mol. The molecule has 0 amide bonds. The topological polar surface area (TPSA) is 72.5 Å². The first kappa shape index (κ1) is 13.7. The van der Waals surface area contributed by atoms with E-state index in [2.05, 4.69) is 10.1 Å². The molecule has 0 bridgehead atoms. The SMILES string of the molecule is O=C1OC(CNCC2CCS(=O)(=O)C2)CC1(F)F. The Hall–Kier alpha value is -0.760. The summed E-state index contributed by atoms with van der Waals surface area (Å²) in [5.74, 6) is -4.51. The minimum absolute atomic E-state index is 0.0209. The monoisotopic (exact) mass is 283 g/mol. The second-order valence-electron chi connectivity index (χ2n) is 4.86. The Morgan fingerprint density at radius 3 is 2.61 bits per heavy atom. The minimum Gasteiger partial charge on any atom is -0.456 e. The molecule has 2 aliphatic heterocycles. The van der Waals surface area contributed by atoms with Crippen LogP contribution in [0.1, 0.15) is 12.8 Å². The number of carbonyl (C=O) groups excluding carboxylic acids is 1. The third-order valence-electron chi connectivity index (χ3n) is 3.19. The largest absolute Gasteiger partial charge is 0.456 e. The zero-order chi connectivity index (χ0) is 13.4. The van der Waals surface area contributed by atoms with Crippen molar-refractivity contribution >= 4 is 15.8 Å². The van der Waals surface area contributed by atoms with Crippen LogP contribution in [0.2, 0.25) is 0 Å². The summed E-state index contributed by atoms with van der Waals surface area (Å²) in [5, 5.41) is 2.89. The highest BCUT2D eigenvalue weighted by Crippen LogP contribution is 2.30. The molecule has 18 heavy (non-hydrogen) atoms. The first-order chi connectivity index (χ1) is 8.28. The maximum Gasteiger partial charge on any atom is 0.377 e. The number of nitrogens with one attached hydrogen (secondary N) is 1. The van der Waals surface area contributed by atoms with Crippen LogP contribution < -0.4 is 5.32 Å². The van der Waals surface area contributed by atoms with Crippen molar-refractivity contribution in [3.63, 3.8) is 0 Å². The molecule has 8 heteroatoms. The van der Waals surface area contributed by atoms with Crippen molar-refractivity contribution in [2.24, 2.45) is 5.92 Å². The van der Waals surface area contributed by atoms with E-state index in [0.29, 0.717) is 13.0 Å². The Labute approximate surface area is 104 Å². The highest BCUT2D eigenvalue weighted by molar-refractivity contribution is 7.91. The number of carbonyl (C=O) groups is 1. The Balaban J connectivity index is 1.70. The quantitative estimate of drug-likeness (QED) is 0.733. The maximum atomic E-state index is 12.8. The van der Waals surface area contributed by atoms with Gasteiger partial charge < -0.3 is 10.1 Å². The fourth-order valence-electron chi connectivity index (χ4n) is 2.24. The van der Waals surface area contributed by atoms with Gasteiger partial charge in [-0.1, -0.05) is 0 Å². The van der Waals surface area contributed by atoms with E-state index in [-0.39, 0.29) is 24.0 Å². The zero-order valence-corrected chi connectivity index (χ0v) is 10.5. The van der Waals surface area contributed by atoms with Crippen LogP contribution in [0, 0.1) is 5.92 Å². The normalized spacial score (nSPS) is 33.6. The molecule has 0 saturated carbocycles. The number of ether oxygens (including phenoxy) is 1. The summed E-state index contributed by atoms with van der Waals surface area (Å²) in [4.78, 5) is 10.7. The van der Waals surface area contributed by atoms with Crippen LogP contribution in [0.25, 0.3) is 0 Å². The predicted molar refractivity (Wildman–Crippen MR) is 59.1 cm³/mol. The number of sulfone groups is 1. The standard InChI is InChI=1S/C10H15F2NO4S/c11-10(12)3-8(17-9(10)14)5-13-4-7-1-2-18(15,16)6-7/h7-8,13H,1-6H2. The number of rotatable bonds is 4. The van der Waals surface area contributed by atoms with Crippen molar-refractivity contribution < 1.29 is 26.7 Å². The van der Waals surface area contributed by atoms with Crippen LogP contribution in [-0.2, 0) is 19.4 Å². The lowest BCUT2D eigenvalue weighted by Crippen LogP contribution is -2.31. The van der Waals surface area contributed by atoms with Gasteiger partial charge in [-0.3, -0.25) is 0 Å². The molecule has 1 N–H and O–H groups in total. The molecule has 104 valence electrons. The first-order valence-corrected chi connectivity index (χ1v) is 7.61. The zero-order valence-electron chi connectivity index (χ0n) is 9.69. The van der Waals surface area contributed by atoms with Gasteiger partial charge in [-0.25, -0.2) is 13.2 Å². The summed E-state index contributed by atoms with van der Waals surface area (Å²) in [6, 6.07) is 0. The second-order valence-corrected chi connectivity index (χ2v) is 7.09. The molecule has 0 aliphatic carbocycles. The van der Waals surface area contributed by atoms with E-state index in [1.807, 2.05) is 0 Å². The number of hydrogen-bond donors (Lipinski definition) is 1. The maximum absolute atomic E-state index is 12.8. The lowest BCUT2D eigenvalue weighted by Gasteiger charge is -2.12. The van der Waals surface area contributed by atoms with Crippen LogP contribution in [-0.4, -0.2) is 51.0 Å². The summed E-state index contributed by atoms with van der Waals surface area (Å²) >= 11 is 0. The van der Waals surface area contributed by atoms with Gasteiger partial charge in [-0.2, -0.15) is 8.78 Å². The highest BCUT2D eigenvalue weighted by atomic mass is 32.2. The third kappa shape index (κ3) is 3.17. The molecule has 2 unspecified atom stereocenters. The predicted octanol–water partition coefficient (Wildman–Crippen LogP) is -0.0385. The summed E-state index contributed by atoms with van der Waals surface area (Å²) in [7, 11) is -2.92. The van der Waals surface area contributed by atoms with Crippen LogP contribution in [0.3, 0.4) is 0 Å². The Morgan fingerprint density at radius 2 is 2.11 bits per heavy atom. The molecule has 2 rings (SSSR count). The van der Waals surface area contributed by atoms with Crippen LogP contribution in [0.5, 0.6) is 0 Å². The van der Waals surface area contributed by atoms with Gasteiger partial charge in [-0.05, 0) is 18.9 Å². The van der Waals surface area contributed by atoms with Gasteiger partial charge in [0.05, 0.1) is 17.9 Å². The number of alkyl halides is 2. The Kier molecular flexibility index (Phi) is 3.59. The van der Waals surface area contributed by atoms with Crippen LogP contribution in [0.15, 0.2) is 0 Å². The molecule has 0 aromatic rings. The number of cyclic esters (lactones) is 1. The number of esters is 1. The molecule has 0 aromatic carbocycles. The Morgan fingerprint density at radius 1 is 1.39 bits per heavy atom. The van der Waals surface area contributed by atoms with E-state index < -0.39 is 34.3 Å². The summed E-state index contributed by atoms with van der Waals surface area (Å²) in [5.41, 5.74) is 0. The third-order valence-corrected chi connectivity index (χ3v) is 5.03. The molecular weight excluding hydrogens is 268 g/mol. The van der Waals surface area contributed by atoms with E-state index in [0.717, 1.165) is 0 Å². The summed E-state index contributed by atoms with van der Waals surface area (Å²) in [6.45, 7) is 0.580. The molecule has 2 fully saturated rings. The molecule has 2 saturated heterocycles. The molecule has 0 radical (unpaired) electrons. The molecule has 2 heterocycles. The van der Waals surface area contributed by atoms with Gasteiger partial charge in [0, 0.05) is 6.54 Å². The molecule has 0 aromatic heterocycles. The van der Waals surface area contributed by atoms with Gasteiger partial charge in [0.1, 0.15) is 6.10 Å². The molecule has 5 nitrogen and oxygen atoms in total. The summed E-state index contributed by atoms with van der Waals surface area (Å²) in [6.07, 6.45) is -0.844. The van der Waals surface area contributed by atoms with Crippen molar-refractivity contribution in [2.45, 2.75) is 24.9 Å². The van der Waals surface area contributed by atoms with Gasteiger partial charge in [0.15, 0.2) is 9.84 Å². The molecular formula is C10H15F2NO4S. The van der Waals surface area contributed by atoms with Gasteiger partial charge in [0.25, 0.3) is 0 Å². The molecule has 2 atom stereocenters. The van der Waals surface area contributed by atoms with Crippen molar-refractivity contribution in [1.82, 2.24) is 5.32 Å². The van der Waals surface area contributed by atoms with Crippen LogP contribution >= 0.6 is 0 Å². The fourth-order valence-corrected chi connectivity index (χ4v) is 4.11. The van der Waals surface area contributed by atoms with E-state index in [1.54, 1.807) is 0 Å². The van der Waals surface area contributed by atoms with Crippen molar-refractivity contribution in [2.75, 3.05) is 24.6 Å². The lowest BCUT2D eigenvalue weighted by molar-refractivity contribution is -0.159. The number of halogens is 2. The van der Waals surface area contributed by atoms with E-state index in [4.69, 9.17) is 0 Å². The van der Waals surface area contributed by atoms with Crippen molar-refractivity contribution in [3.05, 3.63) is 0 Å². The summed E-state index contributed by atoms with van der Waals surface area (Å²) < 4.78 is 52.6. The van der Waals surface area contributed by atoms with Crippen molar-refractivity contribution in [1.29, 1.82) is 0 Å². The van der Waals surface area contributed by atoms with E-state index in [1.165, 1.54) is 0 Å². The van der Waals surface area contributed by atoms with Gasteiger partial charge >= 0.3 is 11.9 Å². The Bertz CT molecular complexity index is 437. The van der Waals surface area contributed by atoms with Crippen molar-refractivity contribution in [3.8, 4) is 0 Å². The van der Waals surface area contributed by atoms with Crippen LogP contribution in [0.4, 0.5) is 8.78 Å². The second kappa shape index (κ2) is 4.73. The van der Waals surface area contributed by atoms with Gasteiger partial charge in [-0.15, -0.1) is 0 Å². The number of hydrogen-bond acceptors (Lipinski definition) is 5. The average Bonchev–Trinajstić information content (AvgIpc) is 2.68. The first-order valence-electron chi connectivity index (χ1n) is 5.78. The van der Waals surface area contributed by atoms with E-state index in [9.17, 15) is 22.0 Å². The van der Waals surface area contributed by atoms with Gasteiger partial charge in [0.2, 0.25) is 0 Å². The molecule has 2 aliphatic rings. The fraction of sp³-hybridized carbons (Fsp3) is 0.900. The lowest BCUT2D eigenvalue weighted by atomic mass is 10.1. The smallest absolute Gasteiger partial charge is 0.377 e. The minimum atomic E-state index is -3.39. The molecule has 0 spiro atoms. The van der Waals surface area contributed by atoms with E-state index >= 15 is 0 Å².